The topological polar surface area (TPSA) is 87.7 Å². The van der Waals surface area contributed by atoms with Crippen molar-refractivity contribution in [1.29, 1.82) is 0 Å². The second-order valence-electron chi connectivity index (χ2n) is 3.99. The summed E-state index contributed by atoms with van der Waals surface area (Å²) in [6, 6.07) is 2.84. The summed E-state index contributed by atoms with van der Waals surface area (Å²) >= 11 is 0. The maximum Gasteiger partial charge on any atom is 0.343 e. The molecule has 0 saturated carbocycles. The fourth-order valence-electron chi connectivity index (χ4n) is 2.06. The molecule has 1 aromatic carbocycles. The fraction of sp³-hybridized carbons (Fsp3) is 0.231. The van der Waals surface area contributed by atoms with Crippen LogP contribution < -0.4 is 5.63 Å². The van der Waals surface area contributed by atoms with Crippen LogP contribution in [0.2, 0.25) is 0 Å². The van der Waals surface area contributed by atoms with E-state index >= 15 is 0 Å². The number of benzene rings is 1. The average Bonchev–Trinajstić information content (AvgIpc) is 2.28. The average molecular weight is 248 g/mol. The summed E-state index contributed by atoms with van der Waals surface area (Å²) in [7, 11) is 0. The summed E-state index contributed by atoms with van der Waals surface area (Å²) in [4.78, 5) is 22.8. The molecule has 0 bridgehead atoms. The number of aromatic hydroxyl groups is 1. The van der Waals surface area contributed by atoms with Crippen molar-refractivity contribution in [2.75, 3.05) is 0 Å². The van der Waals surface area contributed by atoms with Gasteiger partial charge in [0.25, 0.3) is 0 Å². The van der Waals surface area contributed by atoms with Crippen LogP contribution in [0.4, 0.5) is 0 Å². The lowest BCUT2D eigenvalue weighted by Crippen LogP contribution is -2.11. The third-order valence-electron chi connectivity index (χ3n) is 3.00. The lowest BCUT2D eigenvalue weighted by Gasteiger charge is -2.08. The van der Waals surface area contributed by atoms with Crippen LogP contribution in [-0.2, 0) is 6.42 Å². The van der Waals surface area contributed by atoms with Crippen molar-refractivity contribution >= 4 is 16.9 Å². The highest BCUT2D eigenvalue weighted by molar-refractivity contribution is 6.04. The first-order chi connectivity index (χ1) is 8.47. The van der Waals surface area contributed by atoms with Gasteiger partial charge in [0.1, 0.15) is 11.3 Å². The molecular weight excluding hydrogens is 236 g/mol. The molecule has 0 saturated heterocycles. The van der Waals surface area contributed by atoms with Crippen molar-refractivity contribution in [3.8, 4) is 5.75 Å². The van der Waals surface area contributed by atoms with Crippen LogP contribution in [-0.4, -0.2) is 16.2 Å². The standard InChI is InChI=1S/C13H12O5/c1-3-7-6(2)8-4-5-9(14)10(12(15)16)11(8)18-13(7)17/h4-5,14H,3H2,1-2H3,(H,15,16). The van der Waals surface area contributed by atoms with Gasteiger partial charge < -0.3 is 14.6 Å². The Bertz CT molecular complexity index is 697. The third-order valence-corrected chi connectivity index (χ3v) is 3.00. The molecule has 94 valence electrons. The first-order valence-corrected chi connectivity index (χ1v) is 5.49. The Morgan fingerprint density at radius 2 is 2.06 bits per heavy atom. The first kappa shape index (κ1) is 12.2. The molecule has 0 aliphatic rings. The normalized spacial score (nSPS) is 10.8. The van der Waals surface area contributed by atoms with E-state index in [9.17, 15) is 14.7 Å². The van der Waals surface area contributed by atoms with E-state index in [0.717, 1.165) is 0 Å². The summed E-state index contributed by atoms with van der Waals surface area (Å²) < 4.78 is 5.04. The summed E-state index contributed by atoms with van der Waals surface area (Å²) in [6.07, 6.45) is 0.507. The monoisotopic (exact) mass is 248 g/mol. The van der Waals surface area contributed by atoms with E-state index < -0.39 is 17.3 Å². The Balaban J connectivity index is 3.01. The van der Waals surface area contributed by atoms with Crippen molar-refractivity contribution < 1.29 is 19.4 Å². The van der Waals surface area contributed by atoms with Gasteiger partial charge in [-0.25, -0.2) is 9.59 Å². The van der Waals surface area contributed by atoms with E-state index in [-0.39, 0.29) is 11.1 Å². The molecule has 1 aromatic heterocycles. The smallest absolute Gasteiger partial charge is 0.343 e. The van der Waals surface area contributed by atoms with Crippen LogP contribution in [0.5, 0.6) is 5.75 Å². The number of rotatable bonds is 2. The number of carboxylic acid groups (broad SMARTS) is 1. The zero-order valence-corrected chi connectivity index (χ0v) is 9.98. The van der Waals surface area contributed by atoms with E-state index in [1.807, 2.05) is 6.92 Å². The minimum Gasteiger partial charge on any atom is -0.507 e. The van der Waals surface area contributed by atoms with E-state index in [1.54, 1.807) is 13.0 Å². The van der Waals surface area contributed by atoms with E-state index in [2.05, 4.69) is 0 Å². The van der Waals surface area contributed by atoms with Gasteiger partial charge in [-0.3, -0.25) is 0 Å². The van der Waals surface area contributed by atoms with Gasteiger partial charge in [0.05, 0.1) is 0 Å². The van der Waals surface area contributed by atoms with Crippen molar-refractivity contribution in [2.24, 2.45) is 0 Å². The van der Waals surface area contributed by atoms with Crippen molar-refractivity contribution in [3.05, 3.63) is 39.2 Å². The van der Waals surface area contributed by atoms with E-state index in [1.165, 1.54) is 6.07 Å². The number of carboxylic acids is 1. The summed E-state index contributed by atoms with van der Waals surface area (Å²) in [5, 5.41) is 19.1. The highest BCUT2D eigenvalue weighted by Gasteiger charge is 2.19. The van der Waals surface area contributed by atoms with Gasteiger partial charge in [-0.15, -0.1) is 0 Å². The second kappa shape index (κ2) is 4.18. The molecule has 0 unspecified atom stereocenters. The predicted octanol–water partition coefficient (Wildman–Crippen LogP) is 2.07. The molecule has 0 aliphatic heterocycles. The Morgan fingerprint density at radius 3 is 2.61 bits per heavy atom. The first-order valence-electron chi connectivity index (χ1n) is 5.49. The number of phenols is 1. The Kier molecular flexibility index (Phi) is 2.82. The third kappa shape index (κ3) is 1.64. The Hall–Kier alpha value is -2.30. The van der Waals surface area contributed by atoms with Crippen molar-refractivity contribution in [1.82, 2.24) is 0 Å². The summed E-state index contributed by atoms with van der Waals surface area (Å²) in [6.45, 7) is 3.56. The van der Waals surface area contributed by atoms with E-state index in [4.69, 9.17) is 9.52 Å². The molecule has 0 fully saturated rings. The number of aryl methyl sites for hydroxylation is 1. The summed E-state index contributed by atoms with van der Waals surface area (Å²) in [5.74, 6) is -1.74. The van der Waals surface area contributed by atoms with Crippen molar-refractivity contribution in [2.45, 2.75) is 20.3 Å². The molecule has 0 radical (unpaired) electrons. The number of hydrogen-bond donors (Lipinski definition) is 2. The zero-order chi connectivity index (χ0) is 13.4. The number of hydrogen-bond acceptors (Lipinski definition) is 4. The molecule has 0 amide bonds. The molecule has 2 rings (SSSR count). The number of fused-ring (bicyclic) bond motifs is 1. The van der Waals surface area contributed by atoms with Crippen LogP contribution in [0, 0.1) is 6.92 Å². The maximum absolute atomic E-state index is 11.7. The minimum atomic E-state index is -1.33. The molecule has 5 heteroatoms. The number of carbonyl (C=O) groups is 1. The SMILES string of the molecule is CCc1c(C)c2ccc(O)c(C(=O)O)c2oc1=O. The predicted molar refractivity (Wildman–Crippen MR) is 65.2 cm³/mol. The quantitative estimate of drug-likeness (QED) is 0.794. The fourth-order valence-corrected chi connectivity index (χ4v) is 2.06. The molecule has 5 nitrogen and oxygen atoms in total. The van der Waals surface area contributed by atoms with Gasteiger partial charge in [-0.05, 0) is 31.0 Å². The Morgan fingerprint density at radius 1 is 1.39 bits per heavy atom. The molecule has 0 atom stereocenters. The maximum atomic E-state index is 11.7. The largest absolute Gasteiger partial charge is 0.507 e. The van der Waals surface area contributed by atoms with Gasteiger partial charge in [0.15, 0.2) is 5.58 Å². The molecule has 18 heavy (non-hydrogen) atoms. The zero-order valence-electron chi connectivity index (χ0n) is 9.98. The van der Waals surface area contributed by atoms with Gasteiger partial charge in [-0.2, -0.15) is 0 Å². The van der Waals surface area contributed by atoms with Crippen LogP contribution in [0.3, 0.4) is 0 Å². The Labute approximate surface area is 102 Å². The highest BCUT2D eigenvalue weighted by Crippen LogP contribution is 2.29. The molecule has 2 N–H and O–H groups in total. The molecular formula is C13H12O5. The lowest BCUT2D eigenvalue weighted by atomic mass is 10.0. The second-order valence-corrected chi connectivity index (χ2v) is 3.99. The lowest BCUT2D eigenvalue weighted by molar-refractivity contribution is 0.0694. The van der Waals surface area contributed by atoms with Crippen LogP contribution in [0.15, 0.2) is 21.3 Å². The number of aromatic carboxylic acids is 1. The molecule has 2 aromatic rings. The molecule has 0 aliphatic carbocycles. The van der Waals surface area contributed by atoms with Gasteiger partial charge in [0, 0.05) is 10.9 Å². The van der Waals surface area contributed by atoms with Crippen molar-refractivity contribution in [3.63, 3.8) is 0 Å². The summed E-state index contributed by atoms with van der Waals surface area (Å²) in [5.41, 5.74) is 0.184. The van der Waals surface area contributed by atoms with Crippen LogP contribution in [0.1, 0.15) is 28.4 Å². The minimum absolute atomic E-state index is 0.0813. The van der Waals surface area contributed by atoms with Gasteiger partial charge in [-0.1, -0.05) is 6.92 Å². The van der Waals surface area contributed by atoms with Gasteiger partial charge in [0.2, 0.25) is 0 Å². The highest BCUT2D eigenvalue weighted by atomic mass is 16.4. The molecule has 1 heterocycles. The van der Waals surface area contributed by atoms with Gasteiger partial charge >= 0.3 is 11.6 Å². The van der Waals surface area contributed by atoms with E-state index in [0.29, 0.717) is 22.9 Å². The van der Waals surface area contributed by atoms with Crippen LogP contribution in [0.25, 0.3) is 11.0 Å². The molecule has 0 spiro atoms. The van der Waals surface area contributed by atoms with Crippen LogP contribution >= 0.6 is 0 Å².